The molecule has 5 heterocycles. The van der Waals surface area contributed by atoms with Gasteiger partial charge in [-0.05, 0) is 31.2 Å². The molecule has 0 radical (unpaired) electrons. The molecule has 176 valence electrons. The first kappa shape index (κ1) is 20.5. The summed E-state index contributed by atoms with van der Waals surface area (Å²) in [4.78, 5) is 7.30. The Morgan fingerprint density at radius 2 is 1.80 bits per heavy atom. The van der Waals surface area contributed by atoms with Crippen LogP contribution >= 0.6 is 0 Å². The maximum Gasteiger partial charge on any atom is 0.161 e. The van der Waals surface area contributed by atoms with E-state index in [9.17, 15) is 4.39 Å². The van der Waals surface area contributed by atoms with Crippen LogP contribution in [0.5, 0.6) is 5.75 Å². The summed E-state index contributed by atoms with van der Waals surface area (Å²) in [5, 5.41) is 5.18. The summed E-state index contributed by atoms with van der Waals surface area (Å²) in [6.45, 7) is 3.50. The fourth-order valence-corrected chi connectivity index (χ4v) is 5.79. The molecule has 0 aliphatic carbocycles. The number of nitrogens with two attached hydrogens (primary N) is 1. The normalized spacial score (nSPS) is 18.9. The quantitative estimate of drug-likeness (QED) is 0.411. The highest BCUT2D eigenvalue weighted by molar-refractivity contribution is 5.83. The predicted octanol–water partition coefficient (Wildman–Crippen LogP) is 4.55. The van der Waals surface area contributed by atoms with Crippen LogP contribution in [0.2, 0.25) is 0 Å². The summed E-state index contributed by atoms with van der Waals surface area (Å²) in [7, 11) is 0. The number of para-hydroxylation sites is 2. The lowest BCUT2D eigenvalue weighted by atomic mass is 9.83. The van der Waals surface area contributed by atoms with E-state index in [0.717, 1.165) is 65.6 Å². The molecule has 1 atom stereocenters. The van der Waals surface area contributed by atoms with Crippen LogP contribution in [0.4, 0.5) is 10.2 Å². The highest BCUT2D eigenvalue weighted by atomic mass is 19.1. The molecule has 2 aromatic carbocycles. The first-order chi connectivity index (χ1) is 17.1. The molecule has 2 aliphatic rings. The standard InChI is InChI=1S/C27H25FN6O/c1-17-26(33-16-20(28)18-6-2-4-8-21(18)33)34-22(10-13-30-34)25(31-17)32-14-11-27(12-15-32)24(29)19-7-3-5-9-23(19)35-27/h2-10,13,16,24H,11-12,14-15,29H2,1H3/t24-/m1/s1. The van der Waals surface area contributed by atoms with Gasteiger partial charge < -0.3 is 15.4 Å². The highest BCUT2D eigenvalue weighted by Crippen LogP contribution is 2.47. The van der Waals surface area contributed by atoms with E-state index in [-0.39, 0.29) is 17.5 Å². The summed E-state index contributed by atoms with van der Waals surface area (Å²) in [6, 6.07) is 17.4. The Morgan fingerprint density at radius 3 is 2.63 bits per heavy atom. The number of hydrogen-bond acceptors (Lipinski definition) is 5. The van der Waals surface area contributed by atoms with Gasteiger partial charge >= 0.3 is 0 Å². The number of ether oxygens (including phenoxy) is 1. The highest BCUT2D eigenvalue weighted by Gasteiger charge is 2.48. The molecule has 2 aliphatic heterocycles. The van der Waals surface area contributed by atoms with Gasteiger partial charge in [-0.25, -0.2) is 13.9 Å². The largest absolute Gasteiger partial charge is 0.485 e. The molecule has 2 N–H and O–H groups in total. The second kappa shape index (κ2) is 7.29. The van der Waals surface area contributed by atoms with Gasteiger partial charge in [0.1, 0.15) is 22.7 Å². The van der Waals surface area contributed by atoms with Gasteiger partial charge in [0.25, 0.3) is 0 Å². The van der Waals surface area contributed by atoms with Gasteiger partial charge in [0, 0.05) is 43.1 Å². The minimum Gasteiger partial charge on any atom is -0.485 e. The molecule has 8 heteroatoms. The molecule has 3 aromatic heterocycles. The third-order valence-electron chi connectivity index (χ3n) is 7.60. The number of rotatable bonds is 2. The number of aromatic nitrogens is 4. The lowest BCUT2D eigenvalue weighted by Crippen LogP contribution is -2.51. The second-order valence-electron chi connectivity index (χ2n) is 9.51. The molecule has 5 aromatic rings. The van der Waals surface area contributed by atoms with Crippen LogP contribution in [0.1, 0.15) is 30.1 Å². The summed E-state index contributed by atoms with van der Waals surface area (Å²) in [5.74, 6) is 2.24. The van der Waals surface area contributed by atoms with Gasteiger partial charge in [-0.3, -0.25) is 4.57 Å². The van der Waals surface area contributed by atoms with Crippen molar-refractivity contribution in [3.8, 4) is 11.6 Å². The van der Waals surface area contributed by atoms with E-state index in [1.165, 1.54) is 6.20 Å². The summed E-state index contributed by atoms with van der Waals surface area (Å²) in [5.41, 5.74) is 9.82. The van der Waals surface area contributed by atoms with Crippen molar-refractivity contribution in [2.45, 2.75) is 31.4 Å². The number of aryl methyl sites for hydroxylation is 1. The van der Waals surface area contributed by atoms with Crippen molar-refractivity contribution in [3.05, 3.63) is 84.1 Å². The number of hydrogen-bond donors (Lipinski definition) is 1. The number of benzene rings is 2. The molecule has 1 saturated heterocycles. The molecule has 0 bridgehead atoms. The van der Waals surface area contributed by atoms with Gasteiger partial charge in [0.2, 0.25) is 0 Å². The summed E-state index contributed by atoms with van der Waals surface area (Å²) >= 11 is 0. The van der Waals surface area contributed by atoms with Crippen LogP contribution in [0, 0.1) is 12.7 Å². The van der Waals surface area contributed by atoms with E-state index >= 15 is 0 Å². The minimum absolute atomic E-state index is 0.134. The van der Waals surface area contributed by atoms with Crippen molar-refractivity contribution in [2.75, 3.05) is 18.0 Å². The van der Waals surface area contributed by atoms with Crippen LogP contribution in [0.25, 0.3) is 22.2 Å². The Kier molecular flexibility index (Phi) is 4.26. The van der Waals surface area contributed by atoms with Crippen LogP contribution in [0.3, 0.4) is 0 Å². The molecule has 1 spiro atoms. The number of halogens is 1. The maximum absolute atomic E-state index is 14.7. The minimum atomic E-state index is -0.382. The Bertz CT molecular complexity index is 1600. The molecular weight excluding hydrogens is 443 g/mol. The second-order valence-corrected chi connectivity index (χ2v) is 9.51. The first-order valence-electron chi connectivity index (χ1n) is 11.9. The third kappa shape index (κ3) is 2.86. The predicted molar refractivity (Wildman–Crippen MR) is 133 cm³/mol. The zero-order chi connectivity index (χ0) is 23.7. The average Bonchev–Trinajstić information content (AvgIpc) is 3.56. The van der Waals surface area contributed by atoms with Gasteiger partial charge in [0.05, 0.1) is 23.4 Å². The lowest BCUT2D eigenvalue weighted by Gasteiger charge is -2.41. The van der Waals surface area contributed by atoms with Crippen LogP contribution < -0.4 is 15.4 Å². The van der Waals surface area contributed by atoms with E-state index in [1.54, 1.807) is 12.3 Å². The molecule has 35 heavy (non-hydrogen) atoms. The smallest absolute Gasteiger partial charge is 0.161 e. The van der Waals surface area contributed by atoms with E-state index < -0.39 is 0 Å². The van der Waals surface area contributed by atoms with E-state index in [0.29, 0.717) is 5.39 Å². The van der Waals surface area contributed by atoms with Crippen molar-refractivity contribution in [1.82, 2.24) is 19.2 Å². The molecule has 1 fully saturated rings. The van der Waals surface area contributed by atoms with Crippen molar-refractivity contribution < 1.29 is 9.13 Å². The van der Waals surface area contributed by atoms with Crippen molar-refractivity contribution in [2.24, 2.45) is 5.73 Å². The monoisotopic (exact) mass is 468 g/mol. The summed E-state index contributed by atoms with van der Waals surface area (Å²) in [6.07, 6.45) is 4.89. The number of fused-ring (bicyclic) bond motifs is 3. The van der Waals surface area contributed by atoms with Crippen molar-refractivity contribution in [1.29, 1.82) is 0 Å². The third-order valence-corrected chi connectivity index (χ3v) is 7.60. The summed E-state index contributed by atoms with van der Waals surface area (Å²) < 4.78 is 24.8. The first-order valence-corrected chi connectivity index (χ1v) is 11.9. The number of anilines is 1. The Labute approximate surface area is 201 Å². The fraction of sp³-hybridized carbons (Fsp3) is 0.259. The van der Waals surface area contributed by atoms with Crippen LogP contribution in [0.15, 0.2) is 67.0 Å². The molecule has 0 unspecified atom stereocenters. The zero-order valence-corrected chi connectivity index (χ0v) is 19.4. The van der Waals surface area contributed by atoms with Gasteiger partial charge in [-0.15, -0.1) is 0 Å². The molecule has 0 amide bonds. The average molecular weight is 469 g/mol. The zero-order valence-electron chi connectivity index (χ0n) is 19.4. The van der Waals surface area contributed by atoms with E-state index in [4.69, 9.17) is 15.5 Å². The Morgan fingerprint density at radius 1 is 1.03 bits per heavy atom. The van der Waals surface area contributed by atoms with Gasteiger partial charge in [-0.1, -0.05) is 30.3 Å². The van der Waals surface area contributed by atoms with Crippen molar-refractivity contribution in [3.63, 3.8) is 0 Å². The fourth-order valence-electron chi connectivity index (χ4n) is 5.79. The van der Waals surface area contributed by atoms with Crippen molar-refractivity contribution >= 4 is 22.2 Å². The van der Waals surface area contributed by atoms with E-state index in [2.05, 4.69) is 16.1 Å². The maximum atomic E-state index is 14.7. The topological polar surface area (TPSA) is 73.6 Å². The van der Waals surface area contributed by atoms with Gasteiger partial charge in [-0.2, -0.15) is 5.10 Å². The molecule has 7 nitrogen and oxygen atoms in total. The molecular formula is C27H25FN6O. The number of piperidine rings is 1. The van der Waals surface area contributed by atoms with Crippen LogP contribution in [-0.4, -0.2) is 37.9 Å². The van der Waals surface area contributed by atoms with Crippen LogP contribution in [-0.2, 0) is 0 Å². The van der Waals surface area contributed by atoms with E-state index in [1.807, 2.05) is 58.5 Å². The number of nitrogens with zero attached hydrogens (tertiary/aromatic N) is 5. The molecule has 7 rings (SSSR count). The lowest BCUT2D eigenvalue weighted by molar-refractivity contribution is 0.0431. The Hall–Kier alpha value is -3.91. The molecule has 0 saturated carbocycles. The van der Waals surface area contributed by atoms with Gasteiger partial charge in [0.15, 0.2) is 11.6 Å². The Balaban J connectivity index is 1.25. The SMILES string of the molecule is Cc1nc(N2CCC3(CC2)Oc2ccccc2[C@H]3N)c2ccnn2c1-n1cc(F)c2ccccc21.